The summed E-state index contributed by atoms with van der Waals surface area (Å²) in [4.78, 5) is 16.0. The van der Waals surface area contributed by atoms with Gasteiger partial charge in [-0.3, -0.25) is 4.79 Å². The van der Waals surface area contributed by atoms with Gasteiger partial charge in [-0.2, -0.15) is 0 Å². The third-order valence-corrected chi connectivity index (χ3v) is 3.66. The molecule has 1 aliphatic rings. The number of carbonyl (C=O) groups excluding carboxylic acids is 1. The Hall–Kier alpha value is -1.31. The van der Waals surface area contributed by atoms with E-state index in [1.807, 2.05) is 6.92 Å². The molecule has 0 heterocycles. The minimum Gasteiger partial charge on any atom is -0.357 e. The molecule has 5 nitrogen and oxygen atoms in total. The van der Waals surface area contributed by atoms with E-state index in [1.54, 1.807) is 0 Å². The third-order valence-electron chi connectivity index (χ3n) is 3.66. The first-order valence-corrected chi connectivity index (χ1v) is 8.45. The quantitative estimate of drug-likeness (QED) is 0.344. The molecule has 0 aliphatic heterocycles. The first-order valence-electron chi connectivity index (χ1n) is 8.45. The van der Waals surface area contributed by atoms with Gasteiger partial charge in [0, 0.05) is 19.1 Å². The molecule has 1 amide bonds. The lowest BCUT2D eigenvalue weighted by Crippen LogP contribution is -2.39. The van der Waals surface area contributed by atoms with Gasteiger partial charge in [0.2, 0.25) is 5.91 Å². The average molecular weight is 444 g/mol. The van der Waals surface area contributed by atoms with Crippen molar-refractivity contribution in [1.29, 1.82) is 0 Å². The summed E-state index contributed by atoms with van der Waals surface area (Å²) in [6.45, 7) is 8.00. The van der Waals surface area contributed by atoms with Crippen molar-refractivity contribution in [2.24, 2.45) is 4.99 Å². The van der Waals surface area contributed by atoms with E-state index in [-0.39, 0.29) is 36.4 Å². The summed E-state index contributed by atoms with van der Waals surface area (Å²) in [5.41, 5.74) is 3.90. The molecule has 1 fully saturated rings. The summed E-state index contributed by atoms with van der Waals surface area (Å²) < 4.78 is 0. The minimum atomic E-state index is -0.000915. The normalized spacial score (nSPS) is 13.9. The van der Waals surface area contributed by atoms with Gasteiger partial charge in [-0.1, -0.05) is 29.3 Å². The Labute approximate surface area is 162 Å². The number of nitrogens with zero attached hydrogens (tertiary/aromatic N) is 1. The molecule has 2 rings (SSSR count). The zero-order chi connectivity index (χ0) is 16.7. The first-order chi connectivity index (χ1) is 11.1. The van der Waals surface area contributed by atoms with E-state index in [1.165, 1.54) is 16.7 Å². The van der Waals surface area contributed by atoms with Crippen LogP contribution < -0.4 is 16.0 Å². The van der Waals surface area contributed by atoms with Crippen LogP contribution in [0.25, 0.3) is 0 Å². The predicted molar refractivity (Wildman–Crippen MR) is 110 cm³/mol. The van der Waals surface area contributed by atoms with E-state index in [0.717, 1.165) is 32.4 Å². The molecule has 0 radical (unpaired) electrons. The highest BCUT2D eigenvalue weighted by atomic mass is 127. The van der Waals surface area contributed by atoms with Crippen LogP contribution in [-0.2, 0) is 11.2 Å². The van der Waals surface area contributed by atoms with Gasteiger partial charge in [-0.25, -0.2) is 4.99 Å². The fourth-order valence-corrected chi connectivity index (χ4v) is 2.53. The van der Waals surface area contributed by atoms with Crippen LogP contribution in [0.2, 0.25) is 0 Å². The van der Waals surface area contributed by atoms with E-state index in [4.69, 9.17) is 0 Å². The van der Waals surface area contributed by atoms with Crippen molar-refractivity contribution >= 4 is 35.8 Å². The maximum absolute atomic E-state index is 11.7. The van der Waals surface area contributed by atoms with E-state index in [2.05, 4.69) is 53.0 Å². The van der Waals surface area contributed by atoms with Crippen LogP contribution >= 0.6 is 24.0 Å². The van der Waals surface area contributed by atoms with Gasteiger partial charge in [0.05, 0.1) is 0 Å². The van der Waals surface area contributed by atoms with Gasteiger partial charge in [0.25, 0.3) is 0 Å². The summed E-state index contributed by atoms with van der Waals surface area (Å²) in [6.07, 6.45) is 3.13. The van der Waals surface area contributed by atoms with Crippen LogP contribution in [0.5, 0.6) is 0 Å². The molecule has 0 spiro atoms. The van der Waals surface area contributed by atoms with Crippen molar-refractivity contribution in [1.82, 2.24) is 16.0 Å². The van der Waals surface area contributed by atoms with Crippen molar-refractivity contribution in [3.63, 3.8) is 0 Å². The molecule has 0 aromatic heterocycles. The number of aliphatic imine (C=N–C) groups is 1. The van der Waals surface area contributed by atoms with Crippen LogP contribution in [0, 0.1) is 13.8 Å². The average Bonchev–Trinajstić information content (AvgIpc) is 3.27. The molecule has 0 bridgehead atoms. The Balaban J connectivity index is 0.00000288. The fourth-order valence-electron chi connectivity index (χ4n) is 2.53. The number of hydrogen-bond donors (Lipinski definition) is 3. The Bertz CT molecular complexity index is 550. The van der Waals surface area contributed by atoms with E-state index < -0.39 is 0 Å². The lowest BCUT2D eigenvalue weighted by atomic mass is 10.1. The number of rotatable bonds is 7. The summed E-state index contributed by atoms with van der Waals surface area (Å²) >= 11 is 0. The molecule has 3 N–H and O–H groups in total. The third kappa shape index (κ3) is 7.99. The van der Waals surface area contributed by atoms with Crippen LogP contribution in [0.1, 0.15) is 36.5 Å². The van der Waals surface area contributed by atoms with Crippen LogP contribution in [-0.4, -0.2) is 37.5 Å². The molecule has 0 saturated heterocycles. The maximum Gasteiger partial charge on any atom is 0.242 e. The number of carbonyl (C=O) groups is 1. The lowest BCUT2D eigenvalue weighted by Gasteiger charge is -2.12. The molecular weight excluding hydrogens is 415 g/mol. The standard InChI is InChI=1S/C18H28N4O.HI/c1-4-19-18(21-12-17(23)22-16-5-6-16)20-8-7-15-10-13(2)9-14(3)11-15;/h9-11,16H,4-8,12H2,1-3H3,(H,22,23)(H2,19,20,21);1H. The Morgan fingerprint density at radius 1 is 1.17 bits per heavy atom. The van der Waals surface area contributed by atoms with Crippen molar-refractivity contribution in [3.05, 3.63) is 34.9 Å². The van der Waals surface area contributed by atoms with Gasteiger partial charge in [-0.15, -0.1) is 24.0 Å². The summed E-state index contributed by atoms with van der Waals surface area (Å²) in [6, 6.07) is 6.99. The molecule has 0 atom stereocenters. The molecule has 1 aromatic rings. The van der Waals surface area contributed by atoms with Gasteiger partial charge in [-0.05, 0) is 45.6 Å². The molecule has 0 unspecified atom stereocenters. The van der Waals surface area contributed by atoms with E-state index in [9.17, 15) is 4.79 Å². The number of halogens is 1. The fraction of sp³-hybridized carbons (Fsp3) is 0.556. The number of benzene rings is 1. The number of guanidine groups is 1. The second-order valence-corrected chi connectivity index (χ2v) is 6.21. The SMILES string of the molecule is CCNC(=NCC(=O)NC1CC1)NCCc1cc(C)cc(C)c1.I. The van der Waals surface area contributed by atoms with Gasteiger partial charge in [0.15, 0.2) is 5.96 Å². The lowest BCUT2D eigenvalue weighted by molar-refractivity contribution is -0.119. The maximum atomic E-state index is 11.7. The van der Waals surface area contributed by atoms with Crippen LogP contribution in [0.15, 0.2) is 23.2 Å². The van der Waals surface area contributed by atoms with Gasteiger partial charge in [0.1, 0.15) is 6.54 Å². The number of aryl methyl sites for hydroxylation is 2. The smallest absolute Gasteiger partial charge is 0.242 e. The monoisotopic (exact) mass is 444 g/mol. The van der Waals surface area contributed by atoms with Crippen molar-refractivity contribution in [2.75, 3.05) is 19.6 Å². The minimum absolute atomic E-state index is 0. The summed E-state index contributed by atoms with van der Waals surface area (Å²) in [5, 5.41) is 9.41. The van der Waals surface area contributed by atoms with Crippen molar-refractivity contribution < 1.29 is 4.79 Å². The number of nitrogens with one attached hydrogen (secondary N) is 3. The Morgan fingerprint density at radius 2 is 1.83 bits per heavy atom. The Kier molecular flexibility index (Phi) is 9.10. The molecule has 1 aliphatic carbocycles. The predicted octanol–water partition coefficient (Wildman–Crippen LogP) is 2.30. The second kappa shape index (κ2) is 10.5. The number of hydrogen-bond acceptors (Lipinski definition) is 2. The zero-order valence-electron chi connectivity index (χ0n) is 14.8. The van der Waals surface area contributed by atoms with Gasteiger partial charge >= 0.3 is 0 Å². The highest BCUT2D eigenvalue weighted by Gasteiger charge is 2.22. The molecule has 134 valence electrons. The largest absolute Gasteiger partial charge is 0.357 e. The van der Waals surface area contributed by atoms with Gasteiger partial charge < -0.3 is 16.0 Å². The molecular formula is C18H29IN4O. The van der Waals surface area contributed by atoms with E-state index in [0.29, 0.717) is 12.0 Å². The van der Waals surface area contributed by atoms with E-state index >= 15 is 0 Å². The zero-order valence-corrected chi connectivity index (χ0v) is 17.1. The highest BCUT2D eigenvalue weighted by Crippen LogP contribution is 2.18. The summed E-state index contributed by atoms with van der Waals surface area (Å²) in [5.74, 6) is 0.696. The molecule has 6 heteroatoms. The number of amides is 1. The molecule has 1 saturated carbocycles. The first kappa shape index (κ1) is 20.7. The Morgan fingerprint density at radius 3 is 2.42 bits per heavy atom. The second-order valence-electron chi connectivity index (χ2n) is 6.21. The topological polar surface area (TPSA) is 65.5 Å². The van der Waals surface area contributed by atoms with Crippen LogP contribution in [0.3, 0.4) is 0 Å². The van der Waals surface area contributed by atoms with Crippen molar-refractivity contribution in [2.45, 2.75) is 46.1 Å². The molecule has 24 heavy (non-hydrogen) atoms. The summed E-state index contributed by atoms with van der Waals surface area (Å²) in [7, 11) is 0. The van der Waals surface area contributed by atoms with Crippen molar-refractivity contribution in [3.8, 4) is 0 Å². The van der Waals surface area contributed by atoms with Crippen LogP contribution in [0.4, 0.5) is 0 Å². The highest BCUT2D eigenvalue weighted by molar-refractivity contribution is 14.0. The molecule has 1 aromatic carbocycles.